The van der Waals surface area contributed by atoms with Crippen molar-refractivity contribution in [3.05, 3.63) is 51.6 Å². The average Bonchev–Trinajstić information content (AvgIpc) is 2.59. The third-order valence-corrected chi connectivity index (χ3v) is 3.93. The Bertz CT molecular complexity index is 753. The number of amides is 2. The van der Waals surface area contributed by atoms with Crippen LogP contribution in [0, 0.1) is 0 Å². The number of hydrogen-bond acceptors (Lipinski definition) is 4. The van der Waals surface area contributed by atoms with E-state index in [0.29, 0.717) is 18.2 Å². The van der Waals surface area contributed by atoms with Gasteiger partial charge in [-0.2, -0.15) is 0 Å². The number of anilines is 1. The number of carbonyl (C=O) groups excluding carboxylic acids is 2. The van der Waals surface area contributed by atoms with Crippen LogP contribution in [0.3, 0.4) is 0 Å². The predicted octanol–water partition coefficient (Wildman–Crippen LogP) is 3.65. The van der Waals surface area contributed by atoms with E-state index in [1.54, 1.807) is 24.3 Å². The van der Waals surface area contributed by atoms with E-state index >= 15 is 0 Å². The van der Waals surface area contributed by atoms with Crippen molar-refractivity contribution in [3.8, 4) is 5.88 Å². The summed E-state index contributed by atoms with van der Waals surface area (Å²) in [4.78, 5) is 28.1. The second-order valence-corrected chi connectivity index (χ2v) is 6.30. The van der Waals surface area contributed by atoms with Gasteiger partial charge in [-0.1, -0.05) is 27.5 Å². The molecule has 0 saturated heterocycles. The molecule has 0 atom stereocenters. The Hall–Kier alpha value is -2.12. The van der Waals surface area contributed by atoms with Crippen LogP contribution in [0.25, 0.3) is 0 Å². The first kappa shape index (κ1) is 19.2. The van der Waals surface area contributed by atoms with Gasteiger partial charge in [0.05, 0.1) is 11.6 Å². The van der Waals surface area contributed by atoms with Crippen molar-refractivity contribution in [2.24, 2.45) is 0 Å². The minimum Gasteiger partial charge on any atom is -0.478 e. The van der Waals surface area contributed by atoms with Gasteiger partial charge < -0.3 is 15.4 Å². The highest BCUT2D eigenvalue weighted by atomic mass is 79.9. The van der Waals surface area contributed by atoms with Gasteiger partial charge in [0, 0.05) is 29.2 Å². The van der Waals surface area contributed by atoms with Crippen molar-refractivity contribution < 1.29 is 14.3 Å². The smallest absolute Gasteiger partial charge is 0.271 e. The van der Waals surface area contributed by atoms with Crippen LogP contribution in [0.4, 0.5) is 5.69 Å². The van der Waals surface area contributed by atoms with E-state index in [0.717, 1.165) is 4.47 Å². The zero-order valence-electron chi connectivity index (χ0n) is 13.5. The molecule has 2 N–H and O–H groups in total. The topological polar surface area (TPSA) is 80.3 Å². The lowest BCUT2D eigenvalue weighted by molar-refractivity contribution is -0.116. The second kappa shape index (κ2) is 9.39. The molecule has 1 aromatic carbocycles. The number of carbonyl (C=O) groups is 2. The average molecular weight is 427 g/mol. The van der Waals surface area contributed by atoms with E-state index in [9.17, 15) is 9.59 Å². The van der Waals surface area contributed by atoms with Gasteiger partial charge in [0.1, 0.15) is 0 Å². The van der Waals surface area contributed by atoms with Crippen molar-refractivity contribution in [1.82, 2.24) is 10.3 Å². The number of pyridine rings is 1. The highest BCUT2D eigenvalue weighted by molar-refractivity contribution is 9.10. The zero-order chi connectivity index (χ0) is 18.2. The van der Waals surface area contributed by atoms with Crippen LogP contribution in [0.5, 0.6) is 5.88 Å². The van der Waals surface area contributed by atoms with Crippen LogP contribution in [0.1, 0.15) is 23.8 Å². The zero-order valence-corrected chi connectivity index (χ0v) is 15.9. The lowest BCUT2D eigenvalue weighted by Gasteiger charge is -2.09. The standard InChI is InChI=1S/C17H17BrClN3O3/c1-2-25-15-8-7-13(19)16(22-15)17(24)20-10-9-14(23)21-12-5-3-11(18)4-6-12/h3-8H,2,9-10H2,1H3,(H,20,24)(H,21,23). The monoisotopic (exact) mass is 425 g/mol. The van der Waals surface area contributed by atoms with Crippen molar-refractivity contribution in [3.63, 3.8) is 0 Å². The number of hydrogen-bond donors (Lipinski definition) is 2. The van der Waals surface area contributed by atoms with Gasteiger partial charge in [-0.05, 0) is 37.3 Å². The summed E-state index contributed by atoms with van der Waals surface area (Å²) >= 11 is 9.32. The summed E-state index contributed by atoms with van der Waals surface area (Å²) in [7, 11) is 0. The second-order valence-electron chi connectivity index (χ2n) is 4.97. The van der Waals surface area contributed by atoms with E-state index in [1.807, 2.05) is 19.1 Å². The molecule has 0 fully saturated rings. The van der Waals surface area contributed by atoms with Crippen LogP contribution in [0.2, 0.25) is 5.02 Å². The van der Waals surface area contributed by atoms with Crippen molar-refractivity contribution in [2.45, 2.75) is 13.3 Å². The fourth-order valence-electron chi connectivity index (χ4n) is 1.94. The molecule has 1 heterocycles. The number of nitrogens with zero attached hydrogens (tertiary/aromatic N) is 1. The number of aromatic nitrogens is 1. The van der Waals surface area contributed by atoms with Gasteiger partial charge in [0.15, 0.2) is 5.69 Å². The van der Waals surface area contributed by atoms with E-state index in [4.69, 9.17) is 16.3 Å². The Balaban J connectivity index is 1.84. The van der Waals surface area contributed by atoms with Gasteiger partial charge in [0.25, 0.3) is 5.91 Å². The highest BCUT2D eigenvalue weighted by Gasteiger charge is 2.14. The highest BCUT2D eigenvalue weighted by Crippen LogP contribution is 2.18. The van der Waals surface area contributed by atoms with Gasteiger partial charge in [-0.25, -0.2) is 4.98 Å². The number of benzene rings is 1. The number of halogens is 2. The summed E-state index contributed by atoms with van der Waals surface area (Å²) in [5.74, 6) is -0.335. The Labute approximate surface area is 159 Å². The quantitative estimate of drug-likeness (QED) is 0.708. The van der Waals surface area contributed by atoms with Crippen molar-refractivity contribution in [2.75, 3.05) is 18.5 Å². The Morgan fingerprint density at radius 1 is 1.20 bits per heavy atom. The number of nitrogens with one attached hydrogen (secondary N) is 2. The molecular weight excluding hydrogens is 410 g/mol. The van der Waals surface area contributed by atoms with E-state index < -0.39 is 5.91 Å². The number of ether oxygens (including phenoxy) is 1. The van der Waals surface area contributed by atoms with Gasteiger partial charge in [0.2, 0.25) is 11.8 Å². The van der Waals surface area contributed by atoms with Crippen molar-refractivity contribution in [1.29, 1.82) is 0 Å². The Morgan fingerprint density at radius 2 is 1.92 bits per heavy atom. The summed E-state index contributed by atoms with van der Waals surface area (Å²) in [6, 6.07) is 10.4. The molecule has 0 saturated carbocycles. The largest absolute Gasteiger partial charge is 0.478 e. The Kier molecular flexibility index (Phi) is 7.21. The molecular formula is C17H17BrClN3O3. The number of rotatable bonds is 7. The molecule has 0 spiro atoms. The molecule has 1 aromatic heterocycles. The normalized spacial score (nSPS) is 10.2. The van der Waals surface area contributed by atoms with E-state index in [2.05, 4.69) is 31.5 Å². The maximum absolute atomic E-state index is 12.1. The molecule has 2 amide bonds. The van der Waals surface area contributed by atoms with Crippen LogP contribution >= 0.6 is 27.5 Å². The van der Waals surface area contributed by atoms with Gasteiger partial charge in [-0.3, -0.25) is 9.59 Å². The molecule has 6 nitrogen and oxygen atoms in total. The fourth-order valence-corrected chi connectivity index (χ4v) is 2.40. The molecule has 0 aliphatic rings. The molecule has 2 aromatic rings. The van der Waals surface area contributed by atoms with Crippen molar-refractivity contribution >= 4 is 45.0 Å². The lowest BCUT2D eigenvalue weighted by Crippen LogP contribution is -2.28. The van der Waals surface area contributed by atoms with Gasteiger partial charge in [-0.15, -0.1) is 0 Å². The van der Waals surface area contributed by atoms with Crippen LogP contribution in [-0.2, 0) is 4.79 Å². The van der Waals surface area contributed by atoms with E-state index in [1.165, 1.54) is 0 Å². The van der Waals surface area contributed by atoms with Crippen LogP contribution in [0.15, 0.2) is 40.9 Å². The maximum Gasteiger partial charge on any atom is 0.271 e. The molecule has 0 aliphatic carbocycles. The Morgan fingerprint density at radius 3 is 2.60 bits per heavy atom. The minimum atomic E-state index is -0.456. The molecule has 0 aliphatic heterocycles. The minimum absolute atomic E-state index is 0.0703. The van der Waals surface area contributed by atoms with Gasteiger partial charge >= 0.3 is 0 Å². The summed E-state index contributed by atoms with van der Waals surface area (Å²) < 4.78 is 6.18. The fraction of sp³-hybridized carbons (Fsp3) is 0.235. The third-order valence-electron chi connectivity index (χ3n) is 3.09. The molecule has 2 rings (SSSR count). The summed E-state index contributed by atoms with van der Waals surface area (Å²) in [5, 5.41) is 5.59. The molecule has 132 valence electrons. The summed E-state index contributed by atoms with van der Waals surface area (Å²) in [5.41, 5.74) is 0.759. The summed E-state index contributed by atoms with van der Waals surface area (Å²) in [6.45, 7) is 2.42. The SMILES string of the molecule is CCOc1ccc(Cl)c(C(=O)NCCC(=O)Nc2ccc(Br)cc2)n1. The van der Waals surface area contributed by atoms with E-state index in [-0.39, 0.29) is 29.6 Å². The molecule has 0 bridgehead atoms. The maximum atomic E-state index is 12.1. The molecule has 25 heavy (non-hydrogen) atoms. The first-order valence-corrected chi connectivity index (χ1v) is 8.79. The van der Waals surface area contributed by atoms with Crippen LogP contribution in [-0.4, -0.2) is 29.9 Å². The molecule has 0 radical (unpaired) electrons. The third kappa shape index (κ3) is 6.03. The molecule has 0 unspecified atom stereocenters. The lowest BCUT2D eigenvalue weighted by atomic mass is 10.3. The predicted molar refractivity (Wildman–Crippen MR) is 100 cm³/mol. The molecule has 8 heteroatoms. The summed E-state index contributed by atoms with van der Waals surface area (Å²) in [6.07, 6.45) is 0.130. The first-order valence-electron chi connectivity index (χ1n) is 7.62. The first-order chi connectivity index (χ1) is 12.0. The van der Waals surface area contributed by atoms with Crippen LogP contribution < -0.4 is 15.4 Å².